The fourth-order valence-electron chi connectivity index (χ4n) is 4.26. The fraction of sp³-hybridized carbons (Fsp3) is 0.647. The van der Waals surface area contributed by atoms with E-state index in [0.717, 1.165) is 12.5 Å². The highest BCUT2D eigenvalue weighted by Crippen LogP contribution is 2.39. The summed E-state index contributed by atoms with van der Waals surface area (Å²) in [6.07, 6.45) is 7.68. The van der Waals surface area contributed by atoms with Crippen LogP contribution in [0.5, 0.6) is 0 Å². The van der Waals surface area contributed by atoms with Crippen LogP contribution < -0.4 is 5.73 Å². The van der Waals surface area contributed by atoms with E-state index in [1.165, 1.54) is 44.6 Å². The van der Waals surface area contributed by atoms with Gasteiger partial charge in [0.1, 0.15) is 5.82 Å². The molecule has 3 rings (SSSR count). The smallest absolute Gasteiger partial charge is 0.128 e. The predicted molar refractivity (Wildman–Crippen MR) is 84.9 cm³/mol. The molecule has 2 fully saturated rings. The molecular weight excluding hydrogens is 287 g/mol. The van der Waals surface area contributed by atoms with Gasteiger partial charge in [-0.2, -0.15) is 0 Å². The Bertz CT molecular complexity index is 492. The maximum atomic E-state index is 14.2. The van der Waals surface area contributed by atoms with Crippen LogP contribution in [-0.4, -0.2) is 24.0 Å². The third kappa shape index (κ3) is 3.10. The molecule has 21 heavy (non-hydrogen) atoms. The van der Waals surface area contributed by atoms with Crippen molar-refractivity contribution in [3.63, 3.8) is 0 Å². The summed E-state index contributed by atoms with van der Waals surface area (Å²) in [5, 5.41) is 0.585. The average molecular weight is 311 g/mol. The Hall–Kier alpha value is -0.640. The molecule has 1 aliphatic carbocycles. The van der Waals surface area contributed by atoms with Crippen molar-refractivity contribution in [1.82, 2.24) is 4.90 Å². The van der Waals surface area contributed by atoms with Crippen LogP contribution in [0.3, 0.4) is 0 Å². The van der Waals surface area contributed by atoms with Crippen LogP contribution in [0, 0.1) is 11.7 Å². The van der Waals surface area contributed by atoms with Crippen LogP contribution in [0.25, 0.3) is 0 Å². The molecule has 1 saturated heterocycles. The van der Waals surface area contributed by atoms with E-state index in [2.05, 4.69) is 4.90 Å². The molecule has 1 aliphatic heterocycles. The first-order valence-corrected chi connectivity index (χ1v) is 8.49. The van der Waals surface area contributed by atoms with Crippen molar-refractivity contribution in [1.29, 1.82) is 0 Å². The van der Waals surface area contributed by atoms with Crippen molar-refractivity contribution in [2.24, 2.45) is 11.7 Å². The normalized spacial score (nSPS) is 28.1. The molecule has 1 aromatic rings. The van der Waals surface area contributed by atoms with Crippen LogP contribution in [0.2, 0.25) is 5.02 Å². The van der Waals surface area contributed by atoms with Gasteiger partial charge in [-0.1, -0.05) is 24.4 Å². The van der Waals surface area contributed by atoms with E-state index in [9.17, 15) is 4.39 Å². The number of hydrogen-bond donors (Lipinski definition) is 1. The van der Waals surface area contributed by atoms with E-state index in [-0.39, 0.29) is 11.9 Å². The second-order valence-electron chi connectivity index (χ2n) is 6.41. The Morgan fingerprint density at radius 1 is 1.24 bits per heavy atom. The number of benzene rings is 1. The molecule has 0 radical (unpaired) electrons. The number of likely N-dealkylation sites (tertiary alicyclic amines) is 1. The molecule has 0 aromatic heterocycles. The van der Waals surface area contributed by atoms with Gasteiger partial charge in [0.25, 0.3) is 0 Å². The Labute approximate surface area is 131 Å². The molecule has 3 unspecified atom stereocenters. The van der Waals surface area contributed by atoms with Gasteiger partial charge in [-0.05, 0) is 56.3 Å². The van der Waals surface area contributed by atoms with Gasteiger partial charge in [-0.15, -0.1) is 0 Å². The lowest BCUT2D eigenvalue weighted by atomic mass is 9.77. The topological polar surface area (TPSA) is 29.3 Å². The predicted octanol–water partition coefficient (Wildman–Crippen LogP) is 4.13. The highest BCUT2D eigenvalue weighted by molar-refractivity contribution is 6.30. The molecule has 3 atom stereocenters. The zero-order valence-corrected chi connectivity index (χ0v) is 13.2. The quantitative estimate of drug-likeness (QED) is 0.909. The van der Waals surface area contributed by atoms with Gasteiger partial charge in [0.15, 0.2) is 0 Å². The minimum absolute atomic E-state index is 0.0467. The van der Waals surface area contributed by atoms with Gasteiger partial charge >= 0.3 is 0 Å². The van der Waals surface area contributed by atoms with Crippen molar-refractivity contribution >= 4 is 11.6 Å². The molecule has 0 bridgehead atoms. The molecule has 1 saturated carbocycles. The molecule has 116 valence electrons. The second-order valence-corrected chi connectivity index (χ2v) is 6.85. The lowest BCUT2D eigenvalue weighted by Crippen LogP contribution is -2.50. The summed E-state index contributed by atoms with van der Waals surface area (Å²) in [5.74, 6) is 0.580. The number of nitrogens with zero attached hydrogens (tertiary/aromatic N) is 1. The number of hydrogen-bond acceptors (Lipinski definition) is 2. The van der Waals surface area contributed by atoms with Crippen molar-refractivity contribution in [3.8, 4) is 0 Å². The number of fused-ring (bicyclic) bond motifs is 1. The highest BCUT2D eigenvalue weighted by Gasteiger charge is 2.37. The monoisotopic (exact) mass is 310 g/mol. The number of halogens is 2. The van der Waals surface area contributed by atoms with Crippen LogP contribution in [0.15, 0.2) is 18.2 Å². The van der Waals surface area contributed by atoms with E-state index < -0.39 is 0 Å². The van der Waals surface area contributed by atoms with Crippen LogP contribution in [0.4, 0.5) is 4.39 Å². The van der Waals surface area contributed by atoms with E-state index >= 15 is 0 Å². The molecule has 4 heteroatoms. The summed E-state index contributed by atoms with van der Waals surface area (Å²) >= 11 is 6.07. The molecule has 1 heterocycles. The van der Waals surface area contributed by atoms with E-state index in [0.29, 0.717) is 23.2 Å². The van der Waals surface area contributed by atoms with Crippen molar-refractivity contribution in [3.05, 3.63) is 34.6 Å². The van der Waals surface area contributed by atoms with Gasteiger partial charge in [0.2, 0.25) is 0 Å². The minimum atomic E-state index is -0.187. The lowest BCUT2D eigenvalue weighted by molar-refractivity contribution is 0.0265. The van der Waals surface area contributed by atoms with Gasteiger partial charge in [0, 0.05) is 23.2 Å². The van der Waals surface area contributed by atoms with Crippen molar-refractivity contribution < 1.29 is 4.39 Å². The van der Waals surface area contributed by atoms with Crippen molar-refractivity contribution in [2.75, 3.05) is 13.1 Å². The fourth-order valence-corrected chi connectivity index (χ4v) is 4.44. The van der Waals surface area contributed by atoms with Crippen LogP contribution >= 0.6 is 11.6 Å². The first-order chi connectivity index (χ1) is 10.2. The van der Waals surface area contributed by atoms with Gasteiger partial charge in [-0.25, -0.2) is 4.39 Å². The maximum absolute atomic E-state index is 14.2. The number of nitrogens with two attached hydrogens (primary N) is 1. The first-order valence-electron chi connectivity index (χ1n) is 8.11. The molecule has 1 aromatic carbocycles. The van der Waals surface area contributed by atoms with Crippen LogP contribution in [-0.2, 0) is 0 Å². The molecule has 2 aliphatic rings. The van der Waals surface area contributed by atoms with Gasteiger partial charge < -0.3 is 5.73 Å². The summed E-state index contributed by atoms with van der Waals surface area (Å²) in [7, 11) is 0. The molecule has 0 spiro atoms. The second kappa shape index (κ2) is 6.64. The van der Waals surface area contributed by atoms with E-state index in [4.69, 9.17) is 17.3 Å². The third-order valence-electron chi connectivity index (χ3n) is 5.23. The Morgan fingerprint density at radius 3 is 2.81 bits per heavy atom. The highest BCUT2D eigenvalue weighted by atomic mass is 35.5. The average Bonchev–Trinajstić information content (AvgIpc) is 2.51. The zero-order chi connectivity index (χ0) is 14.8. The summed E-state index contributed by atoms with van der Waals surface area (Å²) < 4.78 is 14.2. The van der Waals surface area contributed by atoms with Crippen molar-refractivity contribution in [2.45, 2.75) is 50.6 Å². The summed E-state index contributed by atoms with van der Waals surface area (Å²) in [6.45, 7) is 1.47. The molecule has 2 nitrogen and oxygen atoms in total. The third-order valence-corrected chi connectivity index (χ3v) is 5.46. The molecule has 2 N–H and O–H groups in total. The van der Waals surface area contributed by atoms with E-state index in [1.807, 2.05) is 0 Å². The number of piperidine rings is 1. The lowest BCUT2D eigenvalue weighted by Gasteiger charge is -2.47. The summed E-state index contributed by atoms with van der Waals surface area (Å²) in [6, 6.07) is 5.34. The SMILES string of the molecule is NCC(c1cc(Cl)ccc1F)N1CCCC2CCCCC21. The Kier molecular flexibility index (Phi) is 4.82. The molecule has 0 amide bonds. The van der Waals surface area contributed by atoms with Crippen LogP contribution in [0.1, 0.15) is 50.1 Å². The van der Waals surface area contributed by atoms with Gasteiger partial charge in [-0.3, -0.25) is 4.90 Å². The minimum Gasteiger partial charge on any atom is -0.329 e. The largest absolute Gasteiger partial charge is 0.329 e. The summed E-state index contributed by atoms with van der Waals surface area (Å²) in [5.41, 5.74) is 6.69. The van der Waals surface area contributed by atoms with E-state index in [1.54, 1.807) is 12.1 Å². The zero-order valence-electron chi connectivity index (χ0n) is 12.4. The number of rotatable bonds is 3. The maximum Gasteiger partial charge on any atom is 0.128 e. The van der Waals surface area contributed by atoms with Gasteiger partial charge in [0.05, 0.1) is 6.04 Å². The first kappa shape index (κ1) is 15.3. The standard InChI is InChI=1S/C17H24ClFN2/c18-13-7-8-15(19)14(10-13)17(11-20)21-9-3-5-12-4-1-2-6-16(12)21/h7-8,10,12,16-17H,1-6,9,11,20H2. The summed E-state index contributed by atoms with van der Waals surface area (Å²) in [4.78, 5) is 2.46. The molecular formula is C17H24ClFN2. The Morgan fingerprint density at radius 2 is 2.00 bits per heavy atom. The Balaban J connectivity index is 1.89.